The maximum atomic E-state index is 5.69. The number of ether oxygens (including phenoxy) is 3. The predicted octanol–water partition coefficient (Wildman–Crippen LogP) is 2.56. The molecule has 0 bridgehead atoms. The van der Waals surface area contributed by atoms with E-state index in [9.17, 15) is 0 Å². The summed E-state index contributed by atoms with van der Waals surface area (Å²) in [5, 5.41) is 3.28. The highest BCUT2D eigenvalue weighted by atomic mass is 35.5. The van der Waals surface area contributed by atoms with Crippen LogP contribution in [0.15, 0.2) is 29.8 Å². The van der Waals surface area contributed by atoms with Gasteiger partial charge in [0, 0.05) is 31.3 Å². The second kappa shape index (κ2) is 9.67. The lowest BCUT2D eigenvalue weighted by molar-refractivity contribution is 0.199. The Kier molecular flexibility index (Phi) is 8.05. The number of hydrogen-bond donors (Lipinski definition) is 1. The number of nitrogens with one attached hydrogen (secondary N) is 1. The molecule has 5 heteroatoms. The molecule has 1 aromatic rings. The molecule has 0 spiro atoms. The van der Waals surface area contributed by atoms with E-state index in [4.69, 9.17) is 25.8 Å². The minimum atomic E-state index is 0.412. The van der Waals surface area contributed by atoms with Gasteiger partial charge < -0.3 is 19.5 Å². The molecular formula is C14H20ClNO3. The van der Waals surface area contributed by atoms with Crippen molar-refractivity contribution in [3.8, 4) is 11.5 Å². The Bertz CT molecular complexity index is 396. The Morgan fingerprint density at radius 2 is 2.16 bits per heavy atom. The molecule has 0 radical (unpaired) electrons. The van der Waals surface area contributed by atoms with Gasteiger partial charge in [-0.05, 0) is 12.1 Å². The van der Waals surface area contributed by atoms with Crippen LogP contribution in [0.5, 0.6) is 11.5 Å². The largest absolute Gasteiger partial charge is 0.493 e. The molecule has 1 aromatic carbocycles. The molecule has 0 saturated heterocycles. The van der Waals surface area contributed by atoms with Gasteiger partial charge in [0.25, 0.3) is 0 Å². The predicted molar refractivity (Wildman–Crippen MR) is 77.1 cm³/mol. The molecule has 0 aliphatic carbocycles. The maximum Gasteiger partial charge on any atom is 0.166 e. The summed E-state index contributed by atoms with van der Waals surface area (Å²) in [6.45, 7) is 2.57. The minimum absolute atomic E-state index is 0.412. The Balaban J connectivity index is 2.71. The highest BCUT2D eigenvalue weighted by Gasteiger charge is 2.09. The zero-order chi connectivity index (χ0) is 13.9. The molecule has 0 saturated carbocycles. The van der Waals surface area contributed by atoms with Crippen LogP contribution in [-0.2, 0) is 11.3 Å². The van der Waals surface area contributed by atoms with Crippen LogP contribution in [0.25, 0.3) is 0 Å². The zero-order valence-electron chi connectivity index (χ0n) is 11.3. The number of rotatable bonds is 9. The molecule has 0 atom stereocenters. The Labute approximate surface area is 119 Å². The number of methoxy groups -OCH3 is 2. The van der Waals surface area contributed by atoms with Gasteiger partial charge in [-0.25, -0.2) is 0 Å². The van der Waals surface area contributed by atoms with Crippen molar-refractivity contribution in [3.05, 3.63) is 35.4 Å². The van der Waals surface area contributed by atoms with E-state index >= 15 is 0 Å². The number of halogens is 1. The summed E-state index contributed by atoms with van der Waals surface area (Å²) in [4.78, 5) is 0. The van der Waals surface area contributed by atoms with Crippen molar-refractivity contribution >= 4 is 11.6 Å². The topological polar surface area (TPSA) is 39.7 Å². The van der Waals surface area contributed by atoms with Crippen molar-refractivity contribution in [1.29, 1.82) is 0 Å². The summed E-state index contributed by atoms with van der Waals surface area (Å²) in [6, 6.07) is 5.82. The molecule has 4 nitrogen and oxygen atoms in total. The lowest BCUT2D eigenvalue weighted by atomic mass is 10.2. The van der Waals surface area contributed by atoms with Crippen LogP contribution >= 0.6 is 11.6 Å². The van der Waals surface area contributed by atoms with E-state index in [-0.39, 0.29) is 0 Å². The van der Waals surface area contributed by atoms with Gasteiger partial charge in [-0.15, -0.1) is 0 Å². The van der Waals surface area contributed by atoms with Crippen LogP contribution in [0.2, 0.25) is 0 Å². The van der Waals surface area contributed by atoms with E-state index in [0.29, 0.717) is 25.5 Å². The molecule has 1 rings (SSSR count). The van der Waals surface area contributed by atoms with Crippen LogP contribution < -0.4 is 14.8 Å². The molecule has 106 valence electrons. The van der Waals surface area contributed by atoms with Crippen molar-refractivity contribution in [2.75, 3.05) is 34.0 Å². The molecular weight excluding hydrogens is 266 g/mol. The first-order chi connectivity index (χ1) is 9.33. The molecule has 0 amide bonds. The molecule has 0 unspecified atom stereocenters. The molecule has 0 aliphatic rings. The Morgan fingerprint density at radius 1 is 1.32 bits per heavy atom. The van der Waals surface area contributed by atoms with Crippen LogP contribution in [0.3, 0.4) is 0 Å². The summed E-state index contributed by atoms with van der Waals surface area (Å²) in [6.07, 6.45) is 1.73. The first kappa shape index (κ1) is 15.8. The fraction of sp³-hybridized carbons (Fsp3) is 0.429. The highest BCUT2D eigenvalue weighted by Crippen LogP contribution is 2.31. The minimum Gasteiger partial charge on any atom is -0.493 e. The first-order valence-corrected chi connectivity index (χ1v) is 6.50. The zero-order valence-corrected chi connectivity index (χ0v) is 12.1. The molecule has 0 aliphatic heterocycles. The molecule has 0 aromatic heterocycles. The van der Waals surface area contributed by atoms with Gasteiger partial charge in [-0.3, -0.25) is 0 Å². The van der Waals surface area contributed by atoms with Gasteiger partial charge in [0.15, 0.2) is 11.5 Å². The lowest BCUT2D eigenvalue weighted by Crippen LogP contribution is -2.19. The fourth-order valence-corrected chi connectivity index (χ4v) is 1.66. The molecule has 1 N–H and O–H groups in total. The normalized spacial score (nSPS) is 10.9. The standard InChI is InChI=1S/C14H20ClNO3/c1-17-10-8-16-11-12-5-3-6-13(18-2)14(12)19-9-4-7-15/h3-7,16H,8-11H2,1-2H3. The Hall–Kier alpha value is -1.23. The number of benzene rings is 1. The van der Waals surface area contributed by atoms with E-state index in [1.165, 1.54) is 5.54 Å². The average Bonchev–Trinajstić information content (AvgIpc) is 2.44. The third kappa shape index (κ3) is 5.51. The summed E-state index contributed by atoms with van der Waals surface area (Å²) in [7, 11) is 3.31. The van der Waals surface area contributed by atoms with Gasteiger partial charge in [-0.1, -0.05) is 23.7 Å². The van der Waals surface area contributed by atoms with Crippen molar-refractivity contribution < 1.29 is 14.2 Å². The molecule has 19 heavy (non-hydrogen) atoms. The summed E-state index contributed by atoms with van der Waals surface area (Å²) in [5.41, 5.74) is 2.48. The summed E-state index contributed by atoms with van der Waals surface area (Å²) in [5.74, 6) is 1.46. The summed E-state index contributed by atoms with van der Waals surface area (Å²) < 4.78 is 16.0. The first-order valence-electron chi connectivity index (χ1n) is 6.07. The van der Waals surface area contributed by atoms with E-state index in [0.717, 1.165) is 17.9 Å². The molecule has 0 heterocycles. The second-order valence-corrected chi connectivity index (χ2v) is 4.04. The monoisotopic (exact) mass is 285 g/mol. The number of para-hydroxylation sites is 1. The van der Waals surface area contributed by atoms with Crippen LogP contribution in [-0.4, -0.2) is 34.0 Å². The van der Waals surface area contributed by atoms with Crippen LogP contribution in [0.1, 0.15) is 5.56 Å². The van der Waals surface area contributed by atoms with Crippen molar-refractivity contribution in [3.63, 3.8) is 0 Å². The average molecular weight is 286 g/mol. The summed E-state index contributed by atoms with van der Waals surface area (Å²) >= 11 is 5.48. The Morgan fingerprint density at radius 3 is 2.84 bits per heavy atom. The van der Waals surface area contributed by atoms with E-state index in [1.807, 2.05) is 18.2 Å². The molecule has 0 fully saturated rings. The highest BCUT2D eigenvalue weighted by molar-refractivity contribution is 6.25. The maximum absolute atomic E-state index is 5.69. The van der Waals surface area contributed by atoms with Crippen molar-refractivity contribution in [2.24, 2.45) is 0 Å². The van der Waals surface area contributed by atoms with Gasteiger partial charge >= 0.3 is 0 Å². The van der Waals surface area contributed by atoms with Gasteiger partial charge in [0.05, 0.1) is 13.7 Å². The van der Waals surface area contributed by atoms with Gasteiger partial charge in [0.2, 0.25) is 0 Å². The van der Waals surface area contributed by atoms with E-state index < -0.39 is 0 Å². The third-order valence-electron chi connectivity index (χ3n) is 2.49. The quantitative estimate of drug-likeness (QED) is 0.708. The smallest absolute Gasteiger partial charge is 0.166 e. The van der Waals surface area contributed by atoms with E-state index in [1.54, 1.807) is 20.3 Å². The van der Waals surface area contributed by atoms with Crippen molar-refractivity contribution in [2.45, 2.75) is 6.54 Å². The van der Waals surface area contributed by atoms with Gasteiger partial charge in [-0.2, -0.15) is 0 Å². The van der Waals surface area contributed by atoms with Crippen molar-refractivity contribution in [1.82, 2.24) is 5.32 Å². The number of hydrogen-bond acceptors (Lipinski definition) is 4. The third-order valence-corrected chi connectivity index (χ3v) is 2.67. The van der Waals surface area contributed by atoms with Crippen LogP contribution in [0, 0.1) is 0 Å². The van der Waals surface area contributed by atoms with Gasteiger partial charge in [0.1, 0.15) is 6.61 Å². The second-order valence-electron chi connectivity index (χ2n) is 3.79. The van der Waals surface area contributed by atoms with Crippen LogP contribution in [0.4, 0.5) is 0 Å². The fourth-order valence-electron chi connectivity index (χ4n) is 1.59. The SMILES string of the molecule is COCCNCc1cccc(OC)c1OCC=CCl. The van der Waals surface area contributed by atoms with E-state index in [2.05, 4.69) is 5.32 Å². The lowest BCUT2D eigenvalue weighted by Gasteiger charge is -2.14.